The Morgan fingerprint density at radius 1 is 1.40 bits per heavy atom. The van der Waals surface area contributed by atoms with Crippen LogP contribution in [0.5, 0.6) is 0 Å². The van der Waals surface area contributed by atoms with Crippen molar-refractivity contribution < 1.29 is 26.7 Å². The van der Waals surface area contributed by atoms with Crippen LogP contribution >= 0.6 is 10.7 Å². The standard InChI is InChI=1S/C12H13ClF2O4S/c1-3-4-7(2)19-12(16)9-5-8(14)6-10(11(9)15)20(13,17)18/h5-7H,3-4H2,1-2H3. The molecule has 0 aromatic heterocycles. The SMILES string of the molecule is CCCC(C)OC(=O)c1cc(F)cc(S(=O)(=O)Cl)c1F. The van der Waals surface area contributed by atoms with Crippen molar-refractivity contribution in [2.24, 2.45) is 0 Å². The molecule has 1 rings (SSSR count). The fraction of sp³-hybridized carbons (Fsp3) is 0.417. The number of hydrogen-bond acceptors (Lipinski definition) is 4. The molecule has 8 heteroatoms. The van der Waals surface area contributed by atoms with Gasteiger partial charge in [-0.05, 0) is 25.5 Å². The lowest BCUT2D eigenvalue weighted by molar-refractivity contribution is 0.0317. The Hall–Kier alpha value is -1.21. The molecule has 0 saturated heterocycles. The molecule has 0 saturated carbocycles. The van der Waals surface area contributed by atoms with Crippen LogP contribution in [0.15, 0.2) is 17.0 Å². The van der Waals surface area contributed by atoms with E-state index in [1.54, 1.807) is 6.92 Å². The molecule has 0 heterocycles. The molecule has 0 aliphatic carbocycles. The summed E-state index contributed by atoms with van der Waals surface area (Å²) in [6.45, 7) is 3.46. The van der Waals surface area contributed by atoms with Gasteiger partial charge in [0.25, 0.3) is 9.05 Å². The summed E-state index contributed by atoms with van der Waals surface area (Å²) in [5.41, 5.74) is -0.799. The van der Waals surface area contributed by atoms with Gasteiger partial charge in [0.1, 0.15) is 10.7 Å². The van der Waals surface area contributed by atoms with Gasteiger partial charge < -0.3 is 4.74 Å². The lowest BCUT2D eigenvalue weighted by Gasteiger charge is -2.13. The topological polar surface area (TPSA) is 60.4 Å². The second-order valence-corrected chi connectivity index (χ2v) is 6.74. The van der Waals surface area contributed by atoms with Crippen LogP contribution in [0, 0.1) is 11.6 Å². The molecule has 0 radical (unpaired) electrons. The first-order chi connectivity index (χ1) is 9.16. The Kier molecular flexibility index (Phi) is 5.47. The van der Waals surface area contributed by atoms with Gasteiger partial charge in [-0.15, -0.1) is 0 Å². The maximum atomic E-state index is 13.9. The molecule has 1 atom stereocenters. The molecule has 0 N–H and O–H groups in total. The summed E-state index contributed by atoms with van der Waals surface area (Å²) in [5.74, 6) is -3.65. The third kappa shape index (κ3) is 4.14. The predicted octanol–water partition coefficient (Wildman–Crippen LogP) is 3.24. The van der Waals surface area contributed by atoms with Gasteiger partial charge >= 0.3 is 5.97 Å². The number of rotatable bonds is 5. The van der Waals surface area contributed by atoms with Crippen molar-refractivity contribution in [3.63, 3.8) is 0 Å². The molecule has 112 valence electrons. The maximum absolute atomic E-state index is 13.9. The van der Waals surface area contributed by atoms with Gasteiger partial charge in [0.05, 0.1) is 11.7 Å². The van der Waals surface area contributed by atoms with Gasteiger partial charge in [0, 0.05) is 10.7 Å². The zero-order valence-corrected chi connectivity index (χ0v) is 12.4. The fourth-order valence-electron chi connectivity index (χ4n) is 1.60. The van der Waals surface area contributed by atoms with Crippen molar-refractivity contribution in [2.75, 3.05) is 0 Å². The van der Waals surface area contributed by atoms with Crippen LogP contribution in [0.2, 0.25) is 0 Å². The highest BCUT2D eigenvalue weighted by molar-refractivity contribution is 8.13. The van der Waals surface area contributed by atoms with Crippen molar-refractivity contribution in [2.45, 2.75) is 37.7 Å². The lowest BCUT2D eigenvalue weighted by atomic mass is 10.2. The summed E-state index contributed by atoms with van der Waals surface area (Å²) < 4.78 is 54.3. The van der Waals surface area contributed by atoms with E-state index >= 15 is 0 Å². The number of carbonyl (C=O) groups is 1. The average molecular weight is 327 g/mol. The van der Waals surface area contributed by atoms with Crippen molar-refractivity contribution in [1.82, 2.24) is 0 Å². The van der Waals surface area contributed by atoms with E-state index in [-0.39, 0.29) is 0 Å². The Morgan fingerprint density at radius 2 is 2.00 bits per heavy atom. The number of carbonyl (C=O) groups excluding carboxylic acids is 1. The summed E-state index contributed by atoms with van der Waals surface area (Å²) in [4.78, 5) is 10.6. The number of ether oxygens (including phenoxy) is 1. The van der Waals surface area contributed by atoms with Crippen LogP contribution < -0.4 is 0 Å². The molecule has 1 unspecified atom stereocenters. The van der Waals surface area contributed by atoms with Crippen molar-refractivity contribution in [3.8, 4) is 0 Å². The second-order valence-electron chi connectivity index (χ2n) is 4.21. The zero-order chi connectivity index (χ0) is 15.5. The van der Waals surface area contributed by atoms with E-state index in [1.165, 1.54) is 0 Å². The van der Waals surface area contributed by atoms with Crippen molar-refractivity contribution in [3.05, 3.63) is 29.3 Å². The highest BCUT2D eigenvalue weighted by Gasteiger charge is 2.25. The van der Waals surface area contributed by atoms with Crippen LogP contribution in [-0.2, 0) is 13.8 Å². The van der Waals surface area contributed by atoms with E-state index in [0.717, 1.165) is 6.42 Å². The van der Waals surface area contributed by atoms with Gasteiger partial charge in [0.2, 0.25) is 0 Å². The molecule has 0 spiro atoms. The van der Waals surface area contributed by atoms with Crippen LogP contribution in [0.4, 0.5) is 8.78 Å². The van der Waals surface area contributed by atoms with Crippen LogP contribution in [0.3, 0.4) is 0 Å². The maximum Gasteiger partial charge on any atom is 0.341 e. The molecule has 20 heavy (non-hydrogen) atoms. The molecule has 4 nitrogen and oxygen atoms in total. The fourth-order valence-corrected chi connectivity index (χ4v) is 2.52. The first-order valence-corrected chi connectivity index (χ1v) is 8.12. The van der Waals surface area contributed by atoms with Gasteiger partial charge in [-0.3, -0.25) is 0 Å². The number of hydrogen-bond donors (Lipinski definition) is 0. The molecule has 1 aromatic rings. The summed E-state index contributed by atoms with van der Waals surface area (Å²) in [7, 11) is 0.480. The number of benzene rings is 1. The average Bonchev–Trinajstić information content (AvgIpc) is 2.30. The van der Waals surface area contributed by atoms with Crippen molar-refractivity contribution >= 4 is 25.7 Å². The van der Waals surface area contributed by atoms with Crippen LogP contribution in [0.25, 0.3) is 0 Å². The highest BCUT2D eigenvalue weighted by Crippen LogP contribution is 2.24. The molecule has 0 fully saturated rings. The van der Waals surface area contributed by atoms with E-state index < -0.39 is 43.2 Å². The molecule has 0 amide bonds. The second kappa shape index (κ2) is 6.49. The normalized spacial score (nSPS) is 13.1. The molecule has 0 aliphatic heterocycles. The quantitative estimate of drug-likeness (QED) is 0.615. The molecular formula is C12H13ClF2O4S. The highest BCUT2D eigenvalue weighted by atomic mass is 35.7. The van der Waals surface area contributed by atoms with E-state index in [2.05, 4.69) is 0 Å². The Bertz CT molecular complexity index is 616. The first kappa shape index (κ1) is 16.8. The molecular weight excluding hydrogens is 314 g/mol. The largest absolute Gasteiger partial charge is 0.459 e. The minimum absolute atomic E-state index is 0.407. The number of halogens is 3. The summed E-state index contributed by atoms with van der Waals surface area (Å²) in [6, 6.07) is 0.978. The summed E-state index contributed by atoms with van der Waals surface area (Å²) in [5, 5.41) is 0. The summed E-state index contributed by atoms with van der Waals surface area (Å²) >= 11 is 0. The van der Waals surface area contributed by atoms with Gasteiger partial charge in [-0.25, -0.2) is 22.0 Å². The van der Waals surface area contributed by atoms with E-state index in [4.69, 9.17) is 15.4 Å². The third-order valence-corrected chi connectivity index (χ3v) is 3.81. The molecule has 0 bridgehead atoms. The minimum Gasteiger partial charge on any atom is -0.459 e. The predicted molar refractivity (Wildman–Crippen MR) is 69.2 cm³/mol. The van der Waals surface area contributed by atoms with E-state index in [1.807, 2.05) is 6.92 Å². The third-order valence-electron chi connectivity index (χ3n) is 2.49. The Balaban J connectivity index is 3.19. The van der Waals surface area contributed by atoms with Gasteiger partial charge in [-0.1, -0.05) is 13.3 Å². The van der Waals surface area contributed by atoms with Crippen LogP contribution in [-0.4, -0.2) is 20.5 Å². The van der Waals surface area contributed by atoms with Crippen molar-refractivity contribution in [1.29, 1.82) is 0 Å². The Labute approximate surface area is 120 Å². The Morgan fingerprint density at radius 3 is 2.50 bits per heavy atom. The lowest BCUT2D eigenvalue weighted by Crippen LogP contribution is -2.17. The molecule has 0 aliphatic rings. The first-order valence-electron chi connectivity index (χ1n) is 5.81. The smallest absolute Gasteiger partial charge is 0.341 e. The number of esters is 1. The van der Waals surface area contributed by atoms with Crippen LogP contribution in [0.1, 0.15) is 37.0 Å². The van der Waals surface area contributed by atoms with E-state index in [0.29, 0.717) is 18.6 Å². The summed E-state index contributed by atoms with van der Waals surface area (Å²) in [6.07, 6.45) is 0.788. The molecule has 1 aromatic carbocycles. The van der Waals surface area contributed by atoms with E-state index in [9.17, 15) is 22.0 Å². The minimum atomic E-state index is -4.50. The van der Waals surface area contributed by atoms with Gasteiger partial charge in [-0.2, -0.15) is 0 Å². The van der Waals surface area contributed by atoms with Gasteiger partial charge in [0.15, 0.2) is 5.82 Å². The zero-order valence-electron chi connectivity index (χ0n) is 10.8. The monoisotopic (exact) mass is 326 g/mol.